The van der Waals surface area contributed by atoms with Crippen LogP contribution < -0.4 is 0 Å². The van der Waals surface area contributed by atoms with Gasteiger partial charge in [0.25, 0.3) is 0 Å². The lowest BCUT2D eigenvalue weighted by atomic mass is 10.2. The third-order valence-corrected chi connectivity index (χ3v) is 4.47. The fourth-order valence-electron chi connectivity index (χ4n) is 2.73. The second kappa shape index (κ2) is 6.42. The van der Waals surface area contributed by atoms with Crippen molar-refractivity contribution in [3.63, 3.8) is 0 Å². The Balaban J connectivity index is 1.78. The molecule has 0 aliphatic carbocycles. The predicted octanol–water partition coefficient (Wildman–Crippen LogP) is 5.18. The zero-order valence-corrected chi connectivity index (χ0v) is 14.7. The van der Waals surface area contributed by atoms with E-state index in [2.05, 4.69) is 32.0 Å². The first-order chi connectivity index (χ1) is 12.2. The molecule has 2 aromatic heterocycles. The molecule has 25 heavy (non-hydrogen) atoms. The van der Waals surface area contributed by atoms with Crippen molar-refractivity contribution in [1.82, 2.24) is 14.5 Å². The van der Waals surface area contributed by atoms with Crippen molar-refractivity contribution in [2.45, 2.75) is 0 Å². The predicted molar refractivity (Wildman–Crippen MR) is 103 cm³/mol. The van der Waals surface area contributed by atoms with Crippen molar-refractivity contribution in [1.29, 1.82) is 5.26 Å². The van der Waals surface area contributed by atoms with E-state index in [0.717, 1.165) is 26.9 Å². The number of allylic oxidation sites excluding steroid dienone is 1. The number of rotatable bonds is 3. The first-order valence-electron chi connectivity index (χ1n) is 7.75. The van der Waals surface area contributed by atoms with E-state index in [9.17, 15) is 5.26 Å². The lowest BCUT2D eigenvalue weighted by Crippen LogP contribution is -1.95. The summed E-state index contributed by atoms with van der Waals surface area (Å²) >= 11 is 3.45. The standard InChI is InChI=1S/C20H13BrN4/c21-15-7-9-16(10-8-15)25-11-3-4-17(25)12-14(13-22)20-23-18-5-1-2-6-19(18)24-20/h1-12H,(H,23,24)/b14-12-. The molecule has 0 bridgehead atoms. The Kier molecular flexibility index (Phi) is 3.96. The fourth-order valence-corrected chi connectivity index (χ4v) is 2.99. The van der Waals surface area contributed by atoms with E-state index in [-0.39, 0.29) is 0 Å². The highest BCUT2D eigenvalue weighted by atomic mass is 79.9. The van der Waals surface area contributed by atoms with Crippen LogP contribution in [0.4, 0.5) is 0 Å². The van der Waals surface area contributed by atoms with E-state index in [1.165, 1.54) is 0 Å². The number of hydrogen-bond acceptors (Lipinski definition) is 2. The van der Waals surface area contributed by atoms with Crippen LogP contribution in [-0.4, -0.2) is 14.5 Å². The molecule has 0 atom stereocenters. The van der Waals surface area contributed by atoms with E-state index in [0.29, 0.717) is 11.4 Å². The molecular weight excluding hydrogens is 376 g/mol. The van der Waals surface area contributed by atoms with Gasteiger partial charge in [-0.2, -0.15) is 5.26 Å². The Labute approximate surface area is 153 Å². The largest absolute Gasteiger partial charge is 0.337 e. The summed E-state index contributed by atoms with van der Waals surface area (Å²) in [4.78, 5) is 7.73. The minimum Gasteiger partial charge on any atom is -0.337 e. The van der Waals surface area contributed by atoms with Crippen LogP contribution in [0.3, 0.4) is 0 Å². The number of imidazole rings is 1. The van der Waals surface area contributed by atoms with Crippen molar-refractivity contribution in [3.8, 4) is 11.8 Å². The van der Waals surface area contributed by atoms with Gasteiger partial charge in [0.2, 0.25) is 0 Å². The van der Waals surface area contributed by atoms with Gasteiger partial charge in [-0.15, -0.1) is 0 Å². The van der Waals surface area contributed by atoms with Crippen LogP contribution in [0, 0.1) is 11.3 Å². The Morgan fingerprint density at radius 3 is 2.64 bits per heavy atom. The van der Waals surface area contributed by atoms with Gasteiger partial charge < -0.3 is 9.55 Å². The SMILES string of the molecule is N#C/C(=C/c1cccn1-c1ccc(Br)cc1)c1nc2ccccc2[nH]1. The van der Waals surface area contributed by atoms with E-state index in [4.69, 9.17) is 0 Å². The average Bonchev–Trinajstić information content (AvgIpc) is 3.26. The third-order valence-electron chi connectivity index (χ3n) is 3.94. The summed E-state index contributed by atoms with van der Waals surface area (Å²) < 4.78 is 3.06. The van der Waals surface area contributed by atoms with Crippen LogP contribution >= 0.6 is 15.9 Å². The molecule has 0 unspecified atom stereocenters. The van der Waals surface area contributed by atoms with Gasteiger partial charge >= 0.3 is 0 Å². The Morgan fingerprint density at radius 1 is 1.08 bits per heavy atom. The van der Waals surface area contributed by atoms with Gasteiger partial charge in [-0.3, -0.25) is 0 Å². The molecule has 0 aliphatic heterocycles. The number of para-hydroxylation sites is 2. The molecule has 4 nitrogen and oxygen atoms in total. The summed E-state index contributed by atoms with van der Waals surface area (Å²) in [7, 11) is 0. The number of aromatic amines is 1. The van der Waals surface area contributed by atoms with Gasteiger partial charge in [0.05, 0.1) is 16.6 Å². The van der Waals surface area contributed by atoms with E-state index in [1.807, 2.05) is 77.5 Å². The molecule has 0 spiro atoms. The van der Waals surface area contributed by atoms with Crippen molar-refractivity contribution >= 4 is 38.6 Å². The molecule has 4 rings (SSSR count). The average molecular weight is 389 g/mol. The Bertz CT molecular complexity index is 1080. The van der Waals surface area contributed by atoms with Crippen LogP contribution in [0.15, 0.2) is 71.3 Å². The first-order valence-corrected chi connectivity index (χ1v) is 8.54. The van der Waals surface area contributed by atoms with Crippen LogP contribution in [0.1, 0.15) is 11.5 Å². The molecule has 0 radical (unpaired) electrons. The number of halogens is 1. The Hall–Kier alpha value is -3.10. The maximum atomic E-state index is 9.61. The molecule has 1 N–H and O–H groups in total. The summed E-state index contributed by atoms with van der Waals surface area (Å²) in [5, 5.41) is 9.61. The lowest BCUT2D eigenvalue weighted by Gasteiger charge is -2.07. The van der Waals surface area contributed by atoms with Gasteiger partial charge in [-0.25, -0.2) is 4.98 Å². The topological polar surface area (TPSA) is 57.4 Å². The minimum atomic E-state index is 0.494. The van der Waals surface area contributed by atoms with Crippen molar-refractivity contribution in [2.24, 2.45) is 0 Å². The molecule has 0 aliphatic rings. The lowest BCUT2D eigenvalue weighted by molar-refractivity contribution is 1.06. The summed E-state index contributed by atoms with van der Waals surface area (Å²) in [5.41, 5.74) is 4.21. The van der Waals surface area contributed by atoms with Crippen LogP contribution in [-0.2, 0) is 0 Å². The number of aromatic nitrogens is 3. The number of nitrogens with one attached hydrogen (secondary N) is 1. The second-order valence-corrected chi connectivity index (χ2v) is 6.47. The fraction of sp³-hybridized carbons (Fsp3) is 0. The highest BCUT2D eigenvalue weighted by Gasteiger charge is 2.09. The molecule has 120 valence electrons. The van der Waals surface area contributed by atoms with Gasteiger partial charge in [0.1, 0.15) is 11.9 Å². The molecule has 0 saturated carbocycles. The highest BCUT2D eigenvalue weighted by molar-refractivity contribution is 9.10. The van der Waals surface area contributed by atoms with E-state index >= 15 is 0 Å². The first kappa shape index (κ1) is 15.4. The highest BCUT2D eigenvalue weighted by Crippen LogP contribution is 2.22. The maximum absolute atomic E-state index is 9.61. The molecule has 5 heteroatoms. The van der Waals surface area contributed by atoms with Crippen LogP contribution in [0.25, 0.3) is 28.4 Å². The minimum absolute atomic E-state index is 0.494. The number of nitrogens with zero attached hydrogens (tertiary/aromatic N) is 3. The summed E-state index contributed by atoms with van der Waals surface area (Å²) in [6.45, 7) is 0. The number of H-pyrrole nitrogens is 1. The zero-order chi connectivity index (χ0) is 17.2. The summed E-state index contributed by atoms with van der Waals surface area (Å²) in [6.07, 6.45) is 3.82. The number of benzene rings is 2. The van der Waals surface area contributed by atoms with Gasteiger partial charge in [0.15, 0.2) is 0 Å². The smallest absolute Gasteiger partial charge is 0.149 e. The van der Waals surface area contributed by atoms with Crippen molar-refractivity contribution < 1.29 is 0 Å². The number of fused-ring (bicyclic) bond motifs is 1. The molecule has 0 fully saturated rings. The normalized spacial score (nSPS) is 11.6. The van der Waals surface area contributed by atoms with Crippen molar-refractivity contribution in [2.75, 3.05) is 0 Å². The number of nitriles is 1. The molecule has 0 saturated heterocycles. The summed E-state index contributed by atoms with van der Waals surface area (Å²) in [6, 6.07) is 22.0. The molecule has 4 aromatic rings. The summed E-state index contributed by atoms with van der Waals surface area (Å²) in [5.74, 6) is 0.576. The van der Waals surface area contributed by atoms with Crippen molar-refractivity contribution in [3.05, 3.63) is 82.9 Å². The van der Waals surface area contributed by atoms with Gasteiger partial charge in [-0.05, 0) is 54.6 Å². The van der Waals surface area contributed by atoms with Gasteiger partial charge in [0, 0.05) is 22.1 Å². The zero-order valence-electron chi connectivity index (χ0n) is 13.1. The molecule has 0 amide bonds. The molecular formula is C20H13BrN4. The van der Waals surface area contributed by atoms with E-state index < -0.39 is 0 Å². The van der Waals surface area contributed by atoms with Crippen LogP contribution in [0.2, 0.25) is 0 Å². The van der Waals surface area contributed by atoms with E-state index in [1.54, 1.807) is 0 Å². The third kappa shape index (κ3) is 3.00. The molecule has 2 aromatic carbocycles. The quantitative estimate of drug-likeness (QED) is 0.491. The number of hydrogen-bond donors (Lipinski definition) is 1. The van der Waals surface area contributed by atoms with Crippen LogP contribution in [0.5, 0.6) is 0 Å². The monoisotopic (exact) mass is 388 g/mol. The maximum Gasteiger partial charge on any atom is 0.149 e. The second-order valence-electron chi connectivity index (χ2n) is 5.55. The Morgan fingerprint density at radius 2 is 1.88 bits per heavy atom. The van der Waals surface area contributed by atoms with Gasteiger partial charge in [-0.1, -0.05) is 28.1 Å². The molecule has 2 heterocycles.